The molecule has 0 bridgehead atoms. The number of amides is 1. The van der Waals surface area contributed by atoms with E-state index < -0.39 is 0 Å². The fourth-order valence-electron chi connectivity index (χ4n) is 4.59. The molecule has 1 heterocycles. The zero-order chi connectivity index (χ0) is 20.0. The predicted molar refractivity (Wildman–Crippen MR) is 119 cm³/mol. The number of benzene rings is 3. The molecule has 1 amide bonds. The lowest BCUT2D eigenvalue weighted by atomic mass is 9.77. The minimum absolute atomic E-state index is 0.0546. The van der Waals surface area contributed by atoms with Gasteiger partial charge in [-0.05, 0) is 53.4 Å². The highest BCUT2D eigenvalue weighted by Gasteiger charge is 2.39. The van der Waals surface area contributed by atoms with Crippen LogP contribution in [0.3, 0.4) is 0 Å². The van der Waals surface area contributed by atoms with E-state index in [1.54, 1.807) is 4.90 Å². The fraction of sp³-hybridized carbons (Fsp3) is 0.200. The second-order valence-corrected chi connectivity index (χ2v) is 8.62. The monoisotopic (exact) mass is 445 g/mol. The van der Waals surface area contributed by atoms with Crippen LogP contribution in [0.15, 0.2) is 82.5 Å². The number of hydrogen-bond acceptors (Lipinski definition) is 2. The first-order chi connectivity index (χ1) is 14.1. The molecule has 5 rings (SSSR count). The van der Waals surface area contributed by atoms with Gasteiger partial charge in [0.1, 0.15) is 0 Å². The van der Waals surface area contributed by atoms with E-state index in [1.165, 1.54) is 5.39 Å². The molecule has 1 aliphatic heterocycles. The average Bonchev–Trinajstić information content (AvgIpc) is 2.74. The molecule has 29 heavy (non-hydrogen) atoms. The van der Waals surface area contributed by atoms with E-state index in [9.17, 15) is 9.59 Å². The summed E-state index contributed by atoms with van der Waals surface area (Å²) in [5, 5.41) is 2.30. The minimum Gasteiger partial charge on any atom is -0.294 e. The zero-order valence-corrected chi connectivity index (χ0v) is 17.5. The Kier molecular flexibility index (Phi) is 4.59. The molecule has 3 nitrogen and oxygen atoms in total. The Morgan fingerprint density at radius 1 is 0.862 bits per heavy atom. The first-order valence-electron chi connectivity index (χ1n) is 9.95. The van der Waals surface area contributed by atoms with Crippen molar-refractivity contribution in [2.24, 2.45) is 0 Å². The van der Waals surface area contributed by atoms with Crippen molar-refractivity contribution in [2.45, 2.75) is 31.6 Å². The Morgan fingerprint density at radius 3 is 2.41 bits per heavy atom. The van der Waals surface area contributed by atoms with E-state index in [-0.39, 0.29) is 17.6 Å². The number of halogens is 1. The van der Waals surface area contributed by atoms with Crippen molar-refractivity contribution < 1.29 is 9.59 Å². The first-order valence-corrected chi connectivity index (χ1v) is 10.7. The predicted octanol–water partition coefficient (Wildman–Crippen LogP) is 6.13. The second kappa shape index (κ2) is 7.27. The van der Waals surface area contributed by atoms with Crippen LogP contribution >= 0.6 is 15.9 Å². The molecule has 0 N–H and O–H groups in total. The van der Waals surface area contributed by atoms with Gasteiger partial charge in [0.2, 0.25) is 5.91 Å². The van der Waals surface area contributed by atoms with Crippen LogP contribution in [0.1, 0.15) is 37.2 Å². The number of fused-ring (bicyclic) bond motifs is 1. The van der Waals surface area contributed by atoms with Gasteiger partial charge in [-0.3, -0.25) is 14.5 Å². The Bertz CT molecular complexity index is 1160. The Balaban J connectivity index is 1.65. The highest BCUT2D eigenvalue weighted by molar-refractivity contribution is 9.10. The molecule has 0 saturated heterocycles. The standard InChI is InChI=1S/C25H20BrNO2/c26-19-10-12-20(13-11-19)27-22-6-3-7-23(28)25(22)21(15-24(27)29)18-9-8-16-4-1-2-5-17(16)14-18/h1-2,4-5,8-14,21H,3,6-7,15H2. The summed E-state index contributed by atoms with van der Waals surface area (Å²) >= 11 is 3.45. The normalized spacial score (nSPS) is 19.6. The van der Waals surface area contributed by atoms with E-state index in [1.807, 2.05) is 36.4 Å². The van der Waals surface area contributed by atoms with Crippen LogP contribution in [0.25, 0.3) is 10.8 Å². The van der Waals surface area contributed by atoms with Gasteiger partial charge in [-0.25, -0.2) is 0 Å². The van der Waals surface area contributed by atoms with Gasteiger partial charge in [-0.1, -0.05) is 58.4 Å². The number of carbonyl (C=O) groups excluding carboxylic acids is 2. The van der Waals surface area contributed by atoms with E-state index in [0.717, 1.165) is 45.2 Å². The number of nitrogens with zero attached hydrogens (tertiary/aromatic N) is 1. The average molecular weight is 446 g/mol. The van der Waals surface area contributed by atoms with Gasteiger partial charge in [0.25, 0.3) is 0 Å². The van der Waals surface area contributed by atoms with Crippen molar-refractivity contribution in [2.75, 3.05) is 4.90 Å². The van der Waals surface area contributed by atoms with Crippen LogP contribution in [0.5, 0.6) is 0 Å². The molecule has 0 aromatic heterocycles. The molecular weight excluding hydrogens is 426 g/mol. The van der Waals surface area contributed by atoms with Gasteiger partial charge in [0.15, 0.2) is 5.78 Å². The minimum atomic E-state index is -0.165. The van der Waals surface area contributed by atoms with E-state index in [0.29, 0.717) is 12.8 Å². The summed E-state index contributed by atoms with van der Waals surface area (Å²) in [6.45, 7) is 0. The van der Waals surface area contributed by atoms with Crippen molar-refractivity contribution in [3.63, 3.8) is 0 Å². The molecule has 1 unspecified atom stereocenters. The van der Waals surface area contributed by atoms with E-state index >= 15 is 0 Å². The number of carbonyl (C=O) groups is 2. The molecule has 4 heteroatoms. The van der Waals surface area contributed by atoms with Gasteiger partial charge in [0.05, 0.1) is 0 Å². The third-order valence-electron chi connectivity index (χ3n) is 5.94. The maximum Gasteiger partial charge on any atom is 0.232 e. The molecular formula is C25H20BrNO2. The van der Waals surface area contributed by atoms with Crippen molar-refractivity contribution in [1.29, 1.82) is 0 Å². The quantitative estimate of drug-likeness (QED) is 0.475. The van der Waals surface area contributed by atoms with Gasteiger partial charge in [0, 0.05) is 40.2 Å². The van der Waals surface area contributed by atoms with Crippen molar-refractivity contribution in [1.82, 2.24) is 0 Å². The van der Waals surface area contributed by atoms with Gasteiger partial charge in [-0.15, -0.1) is 0 Å². The third kappa shape index (κ3) is 3.22. The molecule has 0 fully saturated rings. The number of hydrogen-bond donors (Lipinski definition) is 0. The number of anilines is 1. The highest BCUT2D eigenvalue weighted by Crippen LogP contribution is 2.43. The van der Waals surface area contributed by atoms with Crippen LogP contribution in [0.2, 0.25) is 0 Å². The smallest absolute Gasteiger partial charge is 0.232 e. The summed E-state index contributed by atoms with van der Waals surface area (Å²) in [6.07, 6.45) is 2.43. The SMILES string of the molecule is O=C1CCCC2=C1C(c1ccc3ccccc3c1)CC(=O)N2c1ccc(Br)cc1. The largest absolute Gasteiger partial charge is 0.294 e. The summed E-state index contributed by atoms with van der Waals surface area (Å²) < 4.78 is 0.966. The Hall–Kier alpha value is -2.72. The summed E-state index contributed by atoms with van der Waals surface area (Å²) in [7, 11) is 0. The Labute approximate surface area is 178 Å². The topological polar surface area (TPSA) is 37.4 Å². The van der Waals surface area contributed by atoms with Crippen LogP contribution in [-0.4, -0.2) is 11.7 Å². The molecule has 2 aliphatic rings. The van der Waals surface area contributed by atoms with Gasteiger partial charge in [-0.2, -0.15) is 0 Å². The number of allylic oxidation sites excluding steroid dienone is 2. The lowest BCUT2D eigenvalue weighted by Gasteiger charge is -2.38. The van der Waals surface area contributed by atoms with Crippen molar-refractivity contribution in [3.8, 4) is 0 Å². The van der Waals surface area contributed by atoms with Crippen LogP contribution in [-0.2, 0) is 9.59 Å². The number of rotatable bonds is 2. The molecule has 0 radical (unpaired) electrons. The lowest BCUT2D eigenvalue weighted by Crippen LogP contribution is -2.40. The molecule has 3 aromatic rings. The molecule has 144 valence electrons. The summed E-state index contributed by atoms with van der Waals surface area (Å²) in [5.74, 6) is 0.0690. The summed E-state index contributed by atoms with van der Waals surface area (Å²) in [6, 6.07) is 22.2. The molecule has 0 spiro atoms. The molecule has 1 aliphatic carbocycles. The van der Waals surface area contributed by atoms with E-state index in [2.05, 4.69) is 46.3 Å². The highest BCUT2D eigenvalue weighted by atomic mass is 79.9. The summed E-state index contributed by atoms with van der Waals surface area (Å²) in [4.78, 5) is 28.0. The van der Waals surface area contributed by atoms with Gasteiger partial charge >= 0.3 is 0 Å². The molecule has 1 atom stereocenters. The third-order valence-corrected chi connectivity index (χ3v) is 6.46. The Morgan fingerprint density at radius 2 is 1.62 bits per heavy atom. The fourth-order valence-corrected chi connectivity index (χ4v) is 4.86. The second-order valence-electron chi connectivity index (χ2n) is 7.71. The number of ketones is 1. The van der Waals surface area contributed by atoms with Crippen molar-refractivity contribution in [3.05, 3.63) is 88.0 Å². The van der Waals surface area contributed by atoms with Crippen LogP contribution in [0.4, 0.5) is 5.69 Å². The molecule has 0 saturated carbocycles. The first kappa shape index (κ1) is 18.3. The number of Topliss-reactive ketones (excluding diaryl/α,β-unsaturated/α-hetero) is 1. The maximum absolute atomic E-state index is 13.3. The lowest BCUT2D eigenvalue weighted by molar-refractivity contribution is -0.119. The van der Waals surface area contributed by atoms with Crippen LogP contribution < -0.4 is 4.90 Å². The van der Waals surface area contributed by atoms with Gasteiger partial charge < -0.3 is 0 Å². The molecule has 3 aromatic carbocycles. The van der Waals surface area contributed by atoms with Crippen molar-refractivity contribution >= 4 is 44.1 Å². The summed E-state index contributed by atoms with van der Waals surface area (Å²) in [5.41, 5.74) is 3.60. The van der Waals surface area contributed by atoms with E-state index in [4.69, 9.17) is 0 Å². The zero-order valence-electron chi connectivity index (χ0n) is 15.9. The maximum atomic E-state index is 13.3. The van der Waals surface area contributed by atoms with Crippen LogP contribution in [0, 0.1) is 0 Å².